The highest BCUT2D eigenvalue weighted by molar-refractivity contribution is 5.19. The highest BCUT2D eigenvalue weighted by Gasteiger charge is 2.09. The van der Waals surface area contributed by atoms with Gasteiger partial charge in [-0.15, -0.1) is 0 Å². The summed E-state index contributed by atoms with van der Waals surface area (Å²) in [4.78, 5) is 8.44. The van der Waals surface area contributed by atoms with Gasteiger partial charge in [0.15, 0.2) is 0 Å². The summed E-state index contributed by atoms with van der Waals surface area (Å²) in [6, 6.07) is 0.441. The molecule has 0 bridgehead atoms. The second kappa shape index (κ2) is 5.66. The van der Waals surface area contributed by atoms with Gasteiger partial charge in [0.1, 0.15) is 0 Å². The molecule has 0 radical (unpaired) electrons. The van der Waals surface area contributed by atoms with Crippen molar-refractivity contribution in [2.75, 3.05) is 13.7 Å². The highest BCUT2D eigenvalue weighted by Crippen LogP contribution is 2.14. The number of methoxy groups -OCH3 is 1. The summed E-state index contributed by atoms with van der Waals surface area (Å²) in [7, 11) is 1.58. The minimum absolute atomic E-state index is 0.441. The molecule has 0 spiro atoms. The maximum Gasteiger partial charge on any atom is 0.316 e. The first-order chi connectivity index (χ1) is 7.21. The van der Waals surface area contributed by atoms with E-state index in [2.05, 4.69) is 23.8 Å². The van der Waals surface area contributed by atoms with Gasteiger partial charge in [-0.25, -0.2) is 9.97 Å². The number of nitrogens with zero attached hydrogens (tertiary/aromatic N) is 2. The van der Waals surface area contributed by atoms with Crippen molar-refractivity contribution in [3.8, 4) is 6.01 Å². The molecule has 0 fully saturated rings. The Balaban J connectivity index is 2.87. The Morgan fingerprint density at radius 3 is 2.80 bits per heavy atom. The summed E-state index contributed by atoms with van der Waals surface area (Å²) >= 11 is 0. The first-order valence-electron chi connectivity index (χ1n) is 5.30. The zero-order valence-corrected chi connectivity index (χ0v) is 9.66. The van der Waals surface area contributed by atoms with Gasteiger partial charge in [0.25, 0.3) is 0 Å². The van der Waals surface area contributed by atoms with Crippen molar-refractivity contribution in [3.05, 3.63) is 17.5 Å². The van der Waals surface area contributed by atoms with Crippen LogP contribution in [0.4, 0.5) is 0 Å². The quantitative estimate of drug-likeness (QED) is 0.791. The first-order valence-corrected chi connectivity index (χ1v) is 5.30. The molecule has 1 rings (SSSR count). The van der Waals surface area contributed by atoms with E-state index in [0.29, 0.717) is 18.5 Å². The van der Waals surface area contributed by atoms with Crippen LogP contribution in [0.1, 0.15) is 25.1 Å². The van der Waals surface area contributed by atoms with Crippen molar-refractivity contribution in [2.45, 2.75) is 26.7 Å². The summed E-state index contributed by atoms with van der Waals surface area (Å²) < 4.78 is 5.00. The second-order valence-electron chi connectivity index (χ2n) is 3.73. The maximum atomic E-state index is 5.60. The zero-order chi connectivity index (χ0) is 11.3. The van der Waals surface area contributed by atoms with Crippen LogP contribution >= 0.6 is 0 Å². The molecule has 0 aliphatic heterocycles. The van der Waals surface area contributed by atoms with Gasteiger partial charge >= 0.3 is 6.01 Å². The SMILES string of the molecule is CCc1nc(OC)ncc1CC(C)CN. The molecule has 1 aromatic heterocycles. The topological polar surface area (TPSA) is 61.0 Å². The smallest absolute Gasteiger partial charge is 0.316 e. The molecular formula is C11H19N3O. The Labute approximate surface area is 90.9 Å². The number of hydrogen-bond donors (Lipinski definition) is 1. The largest absolute Gasteiger partial charge is 0.467 e. The molecule has 1 heterocycles. The minimum atomic E-state index is 0.441. The summed E-state index contributed by atoms with van der Waals surface area (Å²) in [5.74, 6) is 0.465. The van der Waals surface area contributed by atoms with Gasteiger partial charge in [-0.3, -0.25) is 0 Å². The van der Waals surface area contributed by atoms with Gasteiger partial charge in [0, 0.05) is 6.20 Å². The van der Waals surface area contributed by atoms with Gasteiger partial charge in [0.05, 0.1) is 12.8 Å². The van der Waals surface area contributed by atoms with Crippen molar-refractivity contribution in [1.29, 1.82) is 0 Å². The highest BCUT2D eigenvalue weighted by atomic mass is 16.5. The molecule has 15 heavy (non-hydrogen) atoms. The van der Waals surface area contributed by atoms with Crippen LogP contribution in [-0.4, -0.2) is 23.6 Å². The Morgan fingerprint density at radius 1 is 1.53 bits per heavy atom. The molecule has 1 atom stereocenters. The third kappa shape index (κ3) is 3.16. The van der Waals surface area contributed by atoms with Crippen molar-refractivity contribution in [1.82, 2.24) is 9.97 Å². The van der Waals surface area contributed by atoms with Gasteiger partial charge in [-0.2, -0.15) is 0 Å². The van der Waals surface area contributed by atoms with Crippen LogP contribution in [0.25, 0.3) is 0 Å². The van der Waals surface area contributed by atoms with E-state index in [4.69, 9.17) is 10.5 Å². The van der Waals surface area contributed by atoms with E-state index in [1.165, 1.54) is 5.56 Å². The van der Waals surface area contributed by atoms with Crippen LogP contribution in [0, 0.1) is 5.92 Å². The van der Waals surface area contributed by atoms with E-state index >= 15 is 0 Å². The predicted octanol–water partition coefficient (Wildman–Crippen LogP) is 1.18. The Hall–Kier alpha value is -1.16. The third-order valence-electron chi connectivity index (χ3n) is 2.42. The van der Waals surface area contributed by atoms with Gasteiger partial charge in [-0.1, -0.05) is 13.8 Å². The maximum absolute atomic E-state index is 5.60. The van der Waals surface area contributed by atoms with Gasteiger partial charge < -0.3 is 10.5 Å². The van der Waals surface area contributed by atoms with E-state index in [1.54, 1.807) is 7.11 Å². The third-order valence-corrected chi connectivity index (χ3v) is 2.42. The van der Waals surface area contributed by atoms with E-state index in [1.807, 2.05) is 6.20 Å². The zero-order valence-electron chi connectivity index (χ0n) is 9.66. The number of nitrogens with two attached hydrogens (primary N) is 1. The van der Waals surface area contributed by atoms with E-state index in [0.717, 1.165) is 18.5 Å². The van der Waals surface area contributed by atoms with Crippen LogP contribution in [-0.2, 0) is 12.8 Å². The number of hydrogen-bond acceptors (Lipinski definition) is 4. The molecule has 0 saturated carbocycles. The van der Waals surface area contributed by atoms with Crippen LogP contribution in [0.15, 0.2) is 6.20 Å². The Morgan fingerprint density at radius 2 is 2.27 bits per heavy atom. The average Bonchev–Trinajstić information content (AvgIpc) is 2.29. The number of rotatable bonds is 5. The average molecular weight is 209 g/mol. The fourth-order valence-electron chi connectivity index (χ4n) is 1.46. The molecule has 0 aliphatic rings. The molecule has 84 valence electrons. The minimum Gasteiger partial charge on any atom is -0.467 e. The predicted molar refractivity (Wildman–Crippen MR) is 59.9 cm³/mol. The normalized spacial score (nSPS) is 12.5. The fraction of sp³-hybridized carbons (Fsp3) is 0.636. The van der Waals surface area contributed by atoms with Crippen molar-refractivity contribution >= 4 is 0 Å². The monoisotopic (exact) mass is 209 g/mol. The first kappa shape index (κ1) is 11.9. The van der Waals surface area contributed by atoms with Gasteiger partial charge in [0.2, 0.25) is 0 Å². The van der Waals surface area contributed by atoms with Crippen molar-refractivity contribution < 1.29 is 4.74 Å². The number of aromatic nitrogens is 2. The molecule has 4 nitrogen and oxygen atoms in total. The fourth-order valence-corrected chi connectivity index (χ4v) is 1.46. The number of ether oxygens (including phenoxy) is 1. The van der Waals surface area contributed by atoms with Crippen LogP contribution < -0.4 is 10.5 Å². The standard InChI is InChI=1S/C11H19N3O/c1-4-10-9(5-8(2)6-12)7-13-11(14-10)15-3/h7-8H,4-6,12H2,1-3H3. The van der Waals surface area contributed by atoms with Crippen LogP contribution in [0.2, 0.25) is 0 Å². The molecule has 4 heteroatoms. The van der Waals surface area contributed by atoms with E-state index < -0.39 is 0 Å². The summed E-state index contributed by atoms with van der Waals surface area (Å²) in [5, 5.41) is 0. The van der Waals surface area contributed by atoms with Crippen molar-refractivity contribution in [2.24, 2.45) is 11.7 Å². The molecule has 0 amide bonds. The molecule has 2 N–H and O–H groups in total. The lowest BCUT2D eigenvalue weighted by atomic mass is 10.0. The lowest BCUT2D eigenvalue weighted by Gasteiger charge is -2.11. The van der Waals surface area contributed by atoms with Crippen molar-refractivity contribution in [3.63, 3.8) is 0 Å². The summed E-state index contributed by atoms with van der Waals surface area (Å²) in [5.41, 5.74) is 7.84. The lowest BCUT2D eigenvalue weighted by molar-refractivity contribution is 0.377. The molecule has 1 unspecified atom stereocenters. The number of aryl methyl sites for hydroxylation is 1. The molecule has 0 aliphatic carbocycles. The van der Waals surface area contributed by atoms with E-state index in [9.17, 15) is 0 Å². The molecule has 0 saturated heterocycles. The molecule has 0 aromatic carbocycles. The lowest BCUT2D eigenvalue weighted by Crippen LogP contribution is -2.15. The molecule has 1 aromatic rings. The molecular weight excluding hydrogens is 190 g/mol. The second-order valence-corrected chi connectivity index (χ2v) is 3.73. The van der Waals surface area contributed by atoms with E-state index in [-0.39, 0.29) is 0 Å². The van der Waals surface area contributed by atoms with Gasteiger partial charge in [-0.05, 0) is 30.9 Å². The summed E-state index contributed by atoms with van der Waals surface area (Å²) in [6.45, 7) is 4.90. The Bertz CT molecular complexity index is 315. The van der Waals surface area contributed by atoms with Crippen LogP contribution in [0.3, 0.4) is 0 Å². The summed E-state index contributed by atoms with van der Waals surface area (Å²) in [6.07, 6.45) is 3.67. The van der Waals surface area contributed by atoms with Crippen LogP contribution in [0.5, 0.6) is 6.01 Å². The Kier molecular flexibility index (Phi) is 4.49.